The smallest absolute Gasteiger partial charge is 0.390 e. The first-order valence-electron chi connectivity index (χ1n) is 8.67. The van der Waals surface area contributed by atoms with Crippen molar-refractivity contribution in [1.82, 2.24) is 5.32 Å². The second kappa shape index (κ2) is 6.37. The molecule has 27 heavy (non-hydrogen) atoms. The molecule has 2 aliphatic rings. The number of nitrogens with one attached hydrogen (secondary N) is 1. The molecule has 1 saturated carbocycles. The summed E-state index contributed by atoms with van der Waals surface area (Å²) in [5.74, 6) is -1.24. The molecule has 0 radical (unpaired) electrons. The first-order chi connectivity index (χ1) is 12.8. The normalized spacial score (nSPS) is 19.7. The van der Waals surface area contributed by atoms with Crippen LogP contribution < -0.4 is 11.1 Å². The number of fused-ring (bicyclic) bond motifs is 1. The molecular formula is C19H17F3N2O2S. The molecule has 142 valence electrons. The monoisotopic (exact) mass is 394 g/mol. The minimum Gasteiger partial charge on any atom is -0.390 e. The molecule has 1 amide bonds. The van der Waals surface area contributed by atoms with Gasteiger partial charge in [0.2, 0.25) is 0 Å². The largest absolute Gasteiger partial charge is 0.416 e. The quantitative estimate of drug-likeness (QED) is 0.821. The van der Waals surface area contributed by atoms with E-state index >= 15 is 0 Å². The van der Waals surface area contributed by atoms with Crippen molar-refractivity contribution in [2.24, 2.45) is 0 Å². The predicted molar refractivity (Wildman–Crippen MR) is 96.1 cm³/mol. The van der Waals surface area contributed by atoms with Crippen LogP contribution in [0, 0.1) is 0 Å². The number of amides is 1. The molecule has 1 fully saturated rings. The number of alkyl halides is 3. The zero-order chi connectivity index (χ0) is 19.3. The number of nitrogen functional groups attached to an aromatic ring is 1. The molecule has 1 unspecified atom stereocenters. The minimum absolute atomic E-state index is 0.0241. The lowest BCUT2D eigenvalue weighted by atomic mass is 9.79. The summed E-state index contributed by atoms with van der Waals surface area (Å²) in [6, 6.07) is 5.42. The molecule has 0 aliphatic heterocycles. The van der Waals surface area contributed by atoms with Crippen molar-refractivity contribution in [2.75, 3.05) is 5.73 Å². The van der Waals surface area contributed by atoms with E-state index in [0.717, 1.165) is 30.2 Å². The van der Waals surface area contributed by atoms with Gasteiger partial charge in [-0.15, -0.1) is 11.3 Å². The number of hydrogen-bond donors (Lipinski definition) is 2. The Morgan fingerprint density at radius 1 is 1.19 bits per heavy atom. The average molecular weight is 394 g/mol. The molecular weight excluding hydrogens is 377 g/mol. The molecule has 0 saturated heterocycles. The Balaban J connectivity index is 1.73. The Morgan fingerprint density at radius 3 is 2.56 bits per heavy atom. The Kier molecular flexibility index (Phi) is 4.25. The number of anilines is 1. The molecule has 3 N–H and O–H groups in total. The third-order valence-corrected chi connectivity index (χ3v) is 6.12. The van der Waals surface area contributed by atoms with E-state index in [-0.39, 0.29) is 46.7 Å². The van der Waals surface area contributed by atoms with E-state index < -0.39 is 17.7 Å². The summed E-state index contributed by atoms with van der Waals surface area (Å²) in [7, 11) is 0. The standard InChI is InChI=1S/C19H17F3N2O2S/c20-19(21,22)13-4-2-1-3-11(13)9-7-12-15(18(26)24-10-5-6-10)17(23)27-16(12)14(25)8-9/h1-4,9-10H,5-8,23H2,(H,24,26). The van der Waals surface area contributed by atoms with Gasteiger partial charge in [0.05, 0.1) is 21.0 Å². The molecule has 0 spiro atoms. The van der Waals surface area contributed by atoms with E-state index in [2.05, 4.69) is 5.32 Å². The van der Waals surface area contributed by atoms with E-state index in [4.69, 9.17) is 5.73 Å². The van der Waals surface area contributed by atoms with Crippen LogP contribution >= 0.6 is 11.3 Å². The van der Waals surface area contributed by atoms with Gasteiger partial charge in [-0.25, -0.2) is 0 Å². The Labute approximate surface area is 157 Å². The van der Waals surface area contributed by atoms with Crippen LogP contribution in [0.25, 0.3) is 0 Å². The molecule has 2 aromatic rings. The number of Topliss-reactive ketones (excluding diaryl/α,β-unsaturated/α-hetero) is 1. The molecule has 1 atom stereocenters. The third kappa shape index (κ3) is 3.34. The minimum atomic E-state index is -4.50. The predicted octanol–water partition coefficient (Wildman–Crippen LogP) is 4.15. The molecule has 0 bridgehead atoms. The van der Waals surface area contributed by atoms with E-state index in [9.17, 15) is 22.8 Å². The number of carbonyl (C=O) groups excluding carboxylic acids is 2. The van der Waals surface area contributed by atoms with Crippen molar-refractivity contribution in [1.29, 1.82) is 0 Å². The Hall–Kier alpha value is -2.35. The maximum Gasteiger partial charge on any atom is 0.416 e. The van der Waals surface area contributed by atoms with E-state index in [1.165, 1.54) is 18.2 Å². The zero-order valence-corrected chi connectivity index (χ0v) is 15.0. The second-order valence-corrected chi connectivity index (χ2v) is 8.06. The topological polar surface area (TPSA) is 72.2 Å². The van der Waals surface area contributed by atoms with Gasteiger partial charge in [0, 0.05) is 12.5 Å². The fraction of sp³-hybridized carbons (Fsp3) is 0.368. The number of benzene rings is 1. The van der Waals surface area contributed by atoms with Gasteiger partial charge in [0.25, 0.3) is 5.91 Å². The van der Waals surface area contributed by atoms with Crippen molar-refractivity contribution < 1.29 is 22.8 Å². The summed E-state index contributed by atoms with van der Waals surface area (Å²) < 4.78 is 40.2. The lowest BCUT2D eigenvalue weighted by Gasteiger charge is -2.25. The number of nitrogens with two attached hydrogens (primary N) is 1. The summed E-state index contributed by atoms with van der Waals surface area (Å²) in [5.41, 5.74) is 6.07. The molecule has 1 aromatic heterocycles. The highest BCUT2D eigenvalue weighted by Gasteiger charge is 2.39. The van der Waals surface area contributed by atoms with Crippen molar-refractivity contribution in [3.8, 4) is 0 Å². The summed E-state index contributed by atoms with van der Waals surface area (Å²) in [5, 5.41) is 3.10. The van der Waals surface area contributed by atoms with Gasteiger partial charge in [-0.05, 0) is 42.4 Å². The summed E-state index contributed by atoms with van der Waals surface area (Å²) in [6.45, 7) is 0. The van der Waals surface area contributed by atoms with Crippen LogP contribution in [0.3, 0.4) is 0 Å². The summed E-state index contributed by atoms with van der Waals surface area (Å²) in [6.07, 6.45) is -2.53. The number of ketones is 1. The SMILES string of the molecule is Nc1sc2c(c1C(=O)NC1CC1)CC(c1ccccc1C(F)(F)F)CC2=O. The Morgan fingerprint density at radius 2 is 1.89 bits per heavy atom. The first kappa shape index (κ1) is 18.0. The highest BCUT2D eigenvalue weighted by Crippen LogP contribution is 2.44. The van der Waals surface area contributed by atoms with Crippen LogP contribution in [0.2, 0.25) is 0 Å². The fourth-order valence-electron chi connectivity index (χ4n) is 3.61. The number of thiophene rings is 1. The van der Waals surface area contributed by atoms with Crippen LogP contribution in [0.15, 0.2) is 24.3 Å². The highest BCUT2D eigenvalue weighted by molar-refractivity contribution is 7.18. The maximum absolute atomic E-state index is 13.4. The van der Waals surface area contributed by atoms with Crippen LogP contribution in [0.5, 0.6) is 0 Å². The van der Waals surface area contributed by atoms with Crippen LogP contribution in [-0.4, -0.2) is 17.7 Å². The fourth-order valence-corrected chi connectivity index (χ4v) is 4.65. The molecule has 1 heterocycles. The van der Waals surface area contributed by atoms with E-state index in [0.29, 0.717) is 10.4 Å². The molecule has 4 rings (SSSR count). The van der Waals surface area contributed by atoms with Crippen molar-refractivity contribution in [3.05, 3.63) is 51.4 Å². The van der Waals surface area contributed by atoms with Crippen molar-refractivity contribution in [3.63, 3.8) is 0 Å². The number of hydrogen-bond acceptors (Lipinski definition) is 4. The molecule has 2 aliphatic carbocycles. The first-order valence-corrected chi connectivity index (χ1v) is 9.48. The van der Waals surface area contributed by atoms with E-state index in [1.807, 2.05) is 0 Å². The van der Waals surface area contributed by atoms with Crippen LogP contribution in [0.1, 0.15) is 61.9 Å². The Bertz CT molecular complexity index is 932. The molecule has 4 nitrogen and oxygen atoms in total. The highest BCUT2D eigenvalue weighted by atomic mass is 32.1. The van der Waals surface area contributed by atoms with Gasteiger partial charge in [0.1, 0.15) is 0 Å². The lowest BCUT2D eigenvalue weighted by molar-refractivity contribution is -0.138. The van der Waals surface area contributed by atoms with Crippen molar-refractivity contribution in [2.45, 2.75) is 43.8 Å². The summed E-state index contributed by atoms with van der Waals surface area (Å²) >= 11 is 1.05. The average Bonchev–Trinajstić information content (AvgIpc) is 3.34. The maximum atomic E-state index is 13.4. The summed E-state index contributed by atoms with van der Waals surface area (Å²) in [4.78, 5) is 25.5. The number of halogens is 3. The molecule has 1 aromatic carbocycles. The van der Waals surface area contributed by atoms with Gasteiger partial charge < -0.3 is 11.1 Å². The zero-order valence-electron chi connectivity index (χ0n) is 14.2. The number of rotatable bonds is 3. The van der Waals surface area contributed by atoms with Crippen LogP contribution in [0.4, 0.5) is 18.2 Å². The van der Waals surface area contributed by atoms with Gasteiger partial charge >= 0.3 is 6.18 Å². The van der Waals surface area contributed by atoms with Crippen molar-refractivity contribution >= 4 is 28.0 Å². The third-order valence-electron chi connectivity index (χ3n) is 5.02. The van der Waals surface area contributed by atoms with Crippen LogP contribution in [-0.2, 0) is 12.6 Å². The number of carbonyl (C=O) groups is 2. The van der Waals surface area contributed by atoms with Gasteiger partial charge in [-0.1, -0.05) is 18.2 Å². The van der Waals surface area contributed by atoms with E-state index in [1.54, 1.807) is 0 Å². The second-order valence-electron chi connectivity index (χ2n) is 7.01. The van der Waals surface area contributed by atoms with Gasteiger partial charge in [-0.2, -0.15) is 13.2 Å². The lowest BCUT2D eigenvalue weighted by Crippen LogP contribution is -2.28. The van der Waals surface area contributed by atoms with Gasteiger partial charge in [-0.3, -0.25) is 9.59 Å². The molecule has 8 heteroatoms. The van der Waals surface area contributed by atoms with Gasteiger partial charge in [0.15, 0.2) is 5.78 Å².